The van der Waals surface area contributed by atoms with Crippen molar-refractivity contribution in [3.8, 4) is 0 Å². The highest BCUT2D eigenvalue weighted by molar-refractivity contribution is 7.92. The van der Waals surface area contributed by atoms with Crippen LogP contribution in [-0.2, 0) is 19.6 Å². The molecule has 0 heterocycles. The van der Waals surface area contributed by atoms with Crippen LogP contribution in [0.1, 0.15) is 12.5 Å². The first kappa shape index (κ1) is 22.0. The lowest BCUT2D eigenvalue weighted by atomic mass is 10.2. The first-order chi connectivity index (χ1) is 14.8. The predicted molar refractivity (Wildman–Crippen MR) is 122 cm³/mol. The van der Waals surface area contributed by atoms with Crippen molar-refractivity contribution in [2.75, 3.05) is 21.5 Å². The van der Waals surface area contributed by atoms with Crippen LogP contribution in [0, 0.1) is 6.92 Å². The van der Waals surface area contributed by atoms with E-state index in [2.05, 4.69) is 10.6 Å². The van der Waals surface area contributed by atoms with Crippen LogP contribution in [0.3, 0.4) is 0 Å². The van der Waals surface area contributed by atoms with Gasteiger partial charge in [-0.1, -0.05) is 36.4 Å². The lowest BCUT2D eigenvalue weighted by molar-refractivity contribution is -0.115. The van der Waals surface area contributed by atoms with Gasteiger partial charge in [0.25, 0.3) is 10.0 Å². The van der Waals surface area contributed by atoms with E-state index in [1.165, 1.54) is 13.0 Å². The van der Waals surface area contributed by atoms with E-state index in [1.54, 1.807) is 79.7 Å². The smallest absolute Gasteiger partial charge is 0.264 e. The zero-order valence-corrected chi connectivity index (χ0v) is 18.0. The first-order valence-electron chi connectivity index (χ1n) is 9.58. The maximum atomic E-state index is 13.3. The van der Waals surface area contributed by atoms with Crippen LogP contribution in [0.15, 0.2) is 83.8 Å². The molecule has 0 saturated heterocycles. The van der Waals surface area contributed by atoms with Gasteiger partial charge in [-0.05, 0) is 55.0 Å². The number of hydrogen-bond acceptors (Lipinski definition) is 4. The molecular weight excluding hydrogens is 414 g/mol. The summed E-state index contributed by atoms with van der Waals surface area (Å²) in [4.78, 5) is 24.1. The summed E-state index contributed by atoms with van der Waals surface area (Å²) in [6, 6.07) is 21.6. The average Bonchev–Trinajstić information content (AvgIpc) is 2.72. The summed E-state index contributed by atoms with van der Waals surface area (Å²) in [7, 11) is -3.97. The van der Waals surface area contributed by atoms with Crippen molar-refractivity contribution < 1.29 is 18.0 Å². The van der Waals surface area contributed by atoms with Crippen molar-refractivity contribution >= 4 is 38.9 Å². The number of nitrogens with one attached hydrogen (secondary N) is 2. The number of para-hydroxylation sites is 1. The van der Waals surface area contributed by atoms with Gasteiger partial charge in [-0.15, -0.1) is 0 Å². The fourth-order valence-corrected chi connectivity index (χ4v) is 4.55. The van der Waals surface area contributed by atoms with Gasteiger partial charge in [-0.3, -0.25) is 13.9 Å². The monoisotopic (exact) mass is 437 g/mol. The number of nitrogens with zero attached hydrogens (tertiary/aromatic N) is 1. The number of carbonyl (C=O) groups is 2. The van der Waals surface area contributed by atoms with Gasteiger partial charge in [0.2, 0.25) is 11.8 Å². The van der Waals surface area contributed by atoms with Crippen LogP contribution >= 0.6 is 0 Å². The Bertz CT molecular complexity index is 1190. The summed E-state index contributed by atoms with van der Waals surface area (Å²) in [5.74, 6) is -0.747. The summed E-state index contributed by atoms with van der Waals surface area (Å²) < 4.78 is 27.8. The number of anilines is 3. The molecule has 0 unspecified atom stereocenters. The molecule has 0 bridgehead atoms. The molecule has 0 spiro atoms. The summed E-state index contributed by atoms with van der Waals surface area (Å²) in [5.41, 5.74) is 2.15. The number of hydrogen-bond donors (Lipinski definition) is 2. The molecule has 3 rings (SSSR count). The van der Waals surface area contributed by atoms with Crippen LogP contribution in [0.4, 0.5) is 17.1 Å². The van der Waals surface area contributed by atoms with E-state index in [0.717, 1.165) is 9.87 Å². The number of aryl methyl sites for hydroxylation is 1. The average molecular weight is 438 g/mol. The lowest BCUT2D eigenvalue weighted by Crippen LogP contribution is -2.38. The molecule has 0 atom stereocenters. The molecule has 31 heavy (non-hydrogen) atoms. The van der Waals surface area contributed by atoms with E-state index in [4.69, 9.17) is 0 Å². The quantitative estimate of drug-likeness (QED) is 0.588. The number of benzene rings is 3. The minimum absolute atomic E-state index is 0.108. The van der Waals surface area contributed by atoms with Crippen LogP contribution in [0.2, 0.25) is 0 Å². The fourth-order valence-electron chi connectivity index (χ4n) is 3.02. The summed E-state index contributed by atoms with van der Waals surface area (Å²) in [6.07, 6.45) is 0. The third-order valence-electron chi connectivity index (χ3n) is 4.38. The molecule has 0 aliphatic heterocycles. The van der Waals surface area contributed by atoms with E-state index >= 15 is 0 Å². The molecule has 0 fully saturated rings. The topological polar surface area (TPSA) is 95.6 Å². The van der Waals surface area contributed by atoms with Crippen molar-refractivity contribution in [2.45, 2.75) is 18.7 Å². The van der Waals surface area contributed by atoms with Crippen LogP contribution < -0.4 is 14.9 Å². The highest BCUT2D eigenvalue weighted by Gasteiger charge is 2.27. The van der Waals surface area contributed by atoms with Crippen molar-refractivity contribution in [1.29, 1.82) is 0 Å². The number of sulfonamides is 1. The Morgan fingerprint density at radius 3 is 2.13 bits per heavy atom. The first-order valence-corrected chi connectivity index (χ1v) is 11.0. The van der Waals surface area contributed by atoms with Crippen molar-refractivity contribution in [3.63, 3.8) is 0 Å². The largest absolute Gasteiger partial charge is 0.326 e. The van der Waals surface area contributed by atoms with E-state index in [1.807, 2.05) is 0 Å². The zero-order chi connectivity index (χ0) is 22.4. The van der Waals surface area contributed by atoms with Gasteiger partial charge in [-0.25, -0.2) is 8.42 Å². The highest BCUT2D eigenvalue weighted by atomic mass is 32.2. The lowest BCUT2D eigenvalue weighted by Gasteiger charge is -2.24. The molecular formula is C23H23N3O4S. The molecule has 3 aromatic rings. The molecule has 0 aliphatic rings. The third kappa shape index (κ3) is 5.70. The molecule has 3 aromatic carbocycles. The molecule has 2 N–H and O–H groups in total. The summed E-state index contributed by atoms with van der Waals surface area (Å²) in [6.45, 7) is 2.78. The van der Waals surface area contributed by atoms with Gasteiger partial charge < -0.3 is 10.6 Å². The minimum atomic E-state index is -3.97. The van der Waals surface area contributed by atoms with Crippen molar-refractivity contribution in [2.24, 2.45) is 0 Å². The minimum Gasteiger partial charge on any atom is -0.326 e. The van der Waals surface area contributed by atoms with Gasteiger partial charge in [-0.2, -0.15) is 0 Å². The predicted octanol–water partition coefficient (Wildman–Crippen LogP) is 3.79. The highest BCUT2D eigenvalue weighted by Crippen LogP contribution is 2.24. The molecule has 0 saturated carbocycles. The van der Waals surface area contributed by atoms with E-state index in [0.29, 0.717) is 17.1 Å². The zero-order valence-electron chi connectivity index (χ0n) is 17.2. The number of amides is 2. The van der Waals surface area contributed by atoms with Crippen LogP contribution in [0.25, 0.3) is 0 Å². The second-order valence-electron chi connectivity index (χ2n) is 6.97. The SMILES string of the molecule is CC(=O)Nc1cccc(NC(=O)CN(c2ccccc2)S(=O)(=O)c2cccc(C)c2)c1. The molecule has 7 nitrogen and oxygen atoms in total. The Kier molecular flexibility index (Phi) is 6.71. The van der Waals surface area contributed by atoms with Crippen LogP contribution in [0.5, 0.6) is 0 Å². The molecule has 160 valence electrons. The molecule has 0 aromatic heterocycles. The van der Waals surface area contributed by atoms with Gasteiger partial charge in [0.05, 0.1) is 10.6 Å². The second-order valence-corrected chi connectivity index (χ2v) is 8.84. The molecule has 2 amide bonds. The number of rotatable bonds is 7. The van der Waals surface area contributed by atoms with Gasteiger partial charge in [0.15, 0.2) is 0 Å². The van der Waals surface area contributed by atoms with E-state index in [-0.39, 0.29) is 10.8 Å². The Hall–Kier alpha value is -3.65. The van der Waals surface area contributed by atoms with Crippen molar-refractivity contribution in [3.05, 3.63) is 84.4 Å². The molecule has 0 aliphatic carbocycles. The summed E-state index contributed by atoms with van der Waals surface area (Å²) >= 11 is 0. The fraction of sp³-hybridized carbons (Fsp3) is 0.130. The normalized spacial score (nSPS) is 10.9. The van der Waals surface area contributed by atoms with E-state index < -0.39 is 22.5 Å². The van der Waals surface area contributed by atoms with Crippen LogP contribution in [-0.4, -0.2) is 26.8 Å². The Morgan fingerprint density at radius 1 is 0.839 bits per heavy atom. The molecule has 8 heteroatoms. The van der Waals surface area contributed by atoms with E-state index in [9.17, 15) is 18.0 Å². The Morgan fingerprint density at radius 2 is 1.48 bits per heavy atom. The third-order valence-corrected chi connectivity index (χ3v) is 6.15. The van der Waals surface area contributed by atoms with Gasteiger partial charge in [0, 0.05) is 18.3 Å². The maximum absolute atomic E-state index is 13.3. The van der Waals surface area contributed by atoms with Gasteiger partial charge in [0.1, 0.15) is 6.54 Å². The Labute approximate surface area is 181 Å². The Balaban J connectivity index is 1.88. The number of carbonyl (C=O) groups excluding carboxylic acids is 2. The summed E-state index contributed by atoms with van der Waals surface area (Å²) in [5, 5.41) is 5.33. The molecule has 0 radical (unpaired) electrons. The van der Waals surface area contributed by atoms with Crippen molar-refractivity contribution in [1.82, 2.24) is 0 Å². The second kappa shape index (κ2) is 9.44. The maximum Gasteiger partial charge on any atom is 0.264 e. The van der Waals surface area contributed by atoms with Gasteiger partial charge >= 0.3 is 0 Å². The standard InChI is InChI=1S/C23H23N3O4S/c1-17-8-6-13-22(14-17)31(29,30)26(21-11-4-3-5-12-21)16-23(28)25-20-10-7-9-19(15-20)24-18(2)27/h3-15H,16H2,1-2H3,(H,24,27)(H,25,28).